The molecule has 0 aromatic heterocycles. The van der Waals surface area contributed by atoms with Gasteiger partial charge in [-0.3, -0.25) is 0 Å². The monoisotopic (exact) mass is 349 g/mol. The molecule has 1 N–H and O–H groups in total. The molecule has 3 rings (SSSR count). The van der Waals surface area contributed by atoms with Gasteiger partial charge in [-0.05, 0) is 24.5 Å². The molecule has 2 aromatic carbocycles. The number of para-hydroxylation sites is 1. The highest BCUT2D eigenvalue weighted by Gasteiger charge is 2.22. The highest BCUT2D eigenvalue weighted by atomic mass is 16.5. The third kappa shape index (κ3) is 4.76. The summed E-state index contributed by atoms with van der Waals surface area (Å²) in [5.74, 6) is 0.853. The summed E-state index contributed by atoms with van der Waals surface area (Å²) >= 11 is 0. The SMILES string of the molecule is N#CC1CCN(C(=O)NCc2ccccc2OCc2ccccc2)CC1. The highest BCUT2D eigenvalue weighted by molar-refractivity contribution is 5.74. The fraction of sp³-hybridized carbons (Fsp3) is 0.333. The van der Waals surface area contributed by atoms with E-state index in [2.05, 4.69) is 11.4 Å². The summed E-state index contributed by atoms with van der Waals surface area (Å²) in [6.45, 7) is 2.18. The van der Waals surface area contributed by atoms with Gasteiger partial charge >= 0.3 is 6.03 Å². The quantitative estimate of drug-likeness (QED) is 0.895. The lowest BCUT2D eigenvalue weighted by molar-refractivity contribution is 0.178. The van der Waals surface area contributed by atoms with E-state index in [1.54, 1.807) is 4.90 Å². The lowest BCUT2D eigenvalue weighted by Crippen LogP contribution is -2.44. The van der Waals surface area contributed by atoms with Crippen molar-refractivity contribution in [3.05, 3.63) is 65.7 Å². The van der Waals surface area contributed by atoms with Crippen molar-refractivity contribution < 1.29 is 9.53 Å². The number of urea groups is 1. The molecule has 134 valence electrons. The molecule has 0 aliphatic carbocycles. The molecule has 5 heteroatoms. The second kappa shape index (κ2) is 8.91. The van der Waals surface area contributed by atoms with Crippen molar-refractivity contribution in [2.75, 3.05) is 13.1 Å². The van der Waals surface area contributed by atoms with Gasteiger partial charge in [0, 0.05) is 31.1 Å². The smallest absolute Gasteiger partial charge is 0.317 e. The van der Waals surface area contributed by atoms with Gasteiger partial charge in [-0.2, -0.15) is 5.26 Å². The van der Waals surface area contributed by atoms with Gasteiger partial charge in [-0.25, -0.2) is 4.79 Å². The van der Waals surface area contributed by atoms with Crippen LogP contribution in [0.5, 0.6) is 5.75 Å². The Morgan fingerprint density at radius 2 is 1.81 bits per heavy atom. The number of likely N-dealkylation sites (tertiary alicyclic amines) is 1. The Morgan fingerprint density at radius 3 is 2.54 bits per heavy atom. The van der Waals surface area contributed by atoms with Crippen molar-refractivity contribution in [2.24, 2.45) is 5.92 Å². The van der Waals surface area contributed by atoms with E-state index in [0.29, 0.717) is 26.2 Å². The maximum Gasteiger partial charge on any atom is 0.317 e. The summed E-state index contributed by atoms with van der Waals surface area (Å²) in [6, 6.07) is 19.9. The van der Waals surface area contributed by atoms with Crippen LogP contribution in [0.4, 0.5) is 4.79 Å². The summed E-state index contributed by atoms with van der Waals surface area (Å²) in [4.78, 5) is 14.1. The maximum absolute atomic E-state index is 12.3. The van der Waals surface area contributed by atoms with Gasteiger partial charge in [0.15, 0.2) is 0 Å². The molecule has 1 aliphatic heterocycles. The number of hydrogen-bond acceptors (Lipinski definition) is 3. The number of piperidine rings is 1. The number of rotatable bonds is 5. The van der Waals surface area contributed by atoms with Gasteiger partial charge in [0.05, 0.1) is 6.07 Å². The van der Waals surface area contributed by atoms with E-state index in [1.165, 1.54) is 0 Å². The Balaban J connectivity index is 1.53. The zero-order chi connectivity index (χ0) is 18.2. The van der Waals surface area contributed by atoms with Crippen LogP contribution in [0.3, 0.4) is 0 Å². The molecule has 26 heavy (non-hydrogen) atoms. The van der Waals surface area contributed by atoms with E-state index in [9.17, 15) is 4.79 Å². The van der Waals surface area contributed by atoms with Crippen LogP contribution in [0.1, 0.15) is 24.0 Å². The Bertz CT molecular complexity index is 762. The van der Waals surface area contributed by atoms with Crippen molar-refractivity contribution in [1.82, 2.24) is 10.2 Å². The topological polar surface area (TPSA) is 65.4 Å². The molecule has 1 fully saturated rings. The predicted octanol–water partition coefficient (Wildman–Crippen LogP) is 3.71. The van der Waals surface area contributed by atoms with Crippen molar-refractivity contribution in [3.63, 3.8) is 0 Å². The van der Waals surface area contributed by atoms with E-state index in [0.717, 1.165) is 29.7 Å². The molecule has 0 unspecified atom stereocenters. The summed E-state index contributed by atoms with van der Waals surface area (Å²) in [7, 11) is 0. The molecular weight excluding hydrogens is 326 g/mol. The molecule has 0 radical (unpaired) electrons. The first-order valence-electron chi connectivity index (χ1n) is 8.93. The molecule has 1 saturated heterocycles. The third-order valence-electron chi connectivity index (χ3n) is 4.60. The normalized spacial score (nSPS) is 14.5. The predicted molar refractivity (Wildman–Crippen MR) is 99.4 cm³/mol. The fourth-order valence-electron chi connectivity index (χ4n) is 3.02. The number of carbonyl (C=O) groups excluding carboxylic acids is 1. The highest BCUT2D eigenvalue weighted by Crippen LogP contribution is 2.20. The van der Waals surface area contributed by atoms with Gasteiger partial charge < -0.3 is 15.0 Å². The molecule has 0 atom stereocenters. The van der Waals surface area contributed by atoms with Crippen molar-refractivity contribution >= 4 is 6.03 Å². The summed E-state index contributed by atoms with van der Waals surface area (Å²) < 4.78 is 5.93. The van der Waals surface area contributed by atoms with Gasteiger partial charge in [0.1, 0.15) is 12.4 Å². The van der Waals surface area contributed by atoms with E-state index in [4.69, 9.17) is 10.00 Å². The average Bonchev–Trinajstić information content (AvgIpc) is 2.72. The molecular formula is C21H23N3O2. The van der Waals surface area contributed by atoms with Gasteiger partial charge in [0.2, 0.25) is 0 Å². The number of benzene rings is 2. The number of ether oxygens (including phenoxy) is 1. The Labute approximate surface area is 154 Å². The molecule has 0 saturated carbocycles. The number of hydrogen-bond donors (Lipinski definition) is 1. The summed E-state index contributed by atoms with van der Waals surface area (Å²) in [5.41, 5.74) is 2.05. The van der Waals surface area contributed by atoms with Crippen molar-refractivity contribution in [2.45, 2.75) is 26.0 Å². The van der Waals surface area contributed by atoms with Crippen LogP contribution in [0.15, 0.2) is 54.6 Å². The van der Waals surface area contributed by atoms with Gasteiger partial charge in [0.25, 0.3) is 0 Å². The standard InChI is InChI=1S/C21H23N3O2/c22-14-17-10-12-24(13-11-17)21(25)23-15-19-8-4-5-9-20(19)26-16-18-6-2-1-3-7-18/h1-9,17H,10-13,15-16H2,(H,23,25). The molecule has 2 aromatic rings. The minimum absolute atomic E-state index is 0.0752. The largest absolute Gasteiger partial charge is 0.489 e. The number of nitrogens with one attached hydrogen (secondary N) is 1. The Kier molecular flexibility index (Phi) is 6.10. The van der Waals surface area contributed by atoms with E-state index in [-0.39, 0.29) is 11.9 Å². The molecule has 1 heterocycles. The van der Waals surface area contributed by atoms with Crippen LogP contribution in [0.25, 0.3) is 0 Å². The van der Waals surface area contributed by atoms with Crippen molar-refractivity contribution in [1.29, 1.82) is 5.26 Å². The number of amides is 2. The summed E-state index contributed by atoms with van der Waals surface area (Å²) in [5, 5.41) is 11.9. The lowest BCUT2D eigenvalue weighted by atomic mass is 9.99. The second-order valence-electron chi connectivity index (χ2n) is 6.43. The fourth-order valence-corrected chi connectivity index (χ4v) is 3.02. The van der Waals surface area contributed by atoms with Crippen LogP contribution in [0.2, 0.25) is 0 Å². The molecule has 1 aliphatic rings. The van der Waals surface area contributed by atoms with E-state index >= 15 is 0 Å². The molecule has 5 nitrogen and oxygen atoms in total. The molecule has 0 spiro atoms. The molecule has 2 amide bonds. The zero-order valence-electron chi connectivity index (χ0n) is 14.7. The third-order valence-corrected chi connectivity index (χ3v) is 4.60. The van der Waals surface area contributed by atoms with Crippen LogP contribution < -0.4 is 10.1 Å². The van der Waals surface area contributed by atoms with Crippen LogP contribution in [-0.4, -0.2) is 24.0 Å². The Hall–Kier alpha value is -3.00. The Morgan fingerprint density at radius 1 is 1.12 bits per heavy atom. The first kappa shape index (κ1) is 17.8. The van der Waals surface area contributed by atoms with Crippen LogP contribution >= 0.6 is 0 Å². The average molecular weight is 349 g/mol. The second-order valence-corrected chi connectivity index (χ2v) is 6.43. The number of nitriles is 1. The van der Waals surface area contributed by atoms with Crippen LogP contribution in [-0.2, 0) is 13.2 Å². The summed E-state index contributed by atoms with van der Waals surface area (Å²) in [6.07, 6.45) is 1.50. The van der Waals surface area contributed by atoms with Crippen molar-refractivity contribution in [3.8, 4) is 11.8 Å². The minimum atomic E-state index is -0.0840. The zero-order valence-corrected chi connectivity index (χ0v) is 14.7. The number of nitrogens with zero attached hydrogens (tertiary/aromatic N) is 2. The minimum Gasteiger partial charge on any atom is -0.489 e. The number of carbonyl (C=O) groups is 1. The van der Waals surface area contributed by atoms with E-state index in [1.807, 2.05) is 54.6 Å². The van der Waals surface area contributed by atoms with E-state index < -0.39 is 0 Å². The lowest BCUT2D eigenvalue weighted by Gasteiger charge is -2.29. The van der Waals surface area contributed by atoms with Gasteiger partial charge in [-0.15, -0.1) is 0 Å². The molecule has 0 bridgehead atoms. The van der Waals surface area contributed by atoms with Gasteiger partial charge in [-0.1, -0.05) is 48.5 Å². The first-order chi connectivity index (χ1) is 12.8. The first-order valence-corrected chi connectivity index (χ1v) is 8.93. The maximum atomic E-state index is 12.3. The van der Waals surface area contributed by atoms with Crippen LogP contribution in [0, 0.1) is 17.2 Å².